The number of carboxylic acid groups (broad SMARTS) is 2. The molecule has 0 aromatic heterocycles. The third-order valence-electron chi connectivity index (χ3n) is 2.20. The van der Waals surface area contributed by atoms with E-state index in [2.05, 4.69) is 0 Å². The van der Waals surface area contributed by atoms with Gasteiger partial charge >= 0.3 is 11.9 Å². The summed E-state index contributed by atoms with van der Waals surface area (Å²) in [6.07, 6.45) is 0.545. The number of carbonyl (C=O) groups is 2. The fraction of sp³-hybridized carbons (Fsp3) is 0.692. The average molecular weight is 242 g/mol. The highest BCUT2D eigenvalue weighted by Gasteiger charge is 2.25. The third-order valence-corrected chi connectivity index (χ3v) is 2.20. The van der Waals surface area contributed by atoms with Crippen molar-refractivity contribution >= 4 is 11.9 Å². The Balaban J connectivity index is 5.43. The number of hydrogen-bond donors (Lipinski definition) is 2. The minimum Gasteiger partial charge on any atom is -0.478 e. The molecular weight excluding hydrogens is 220 g/mol. The van der Waals surface area contributed by atoms with Gasteiger partial charge in [0.1, 0.15) is 0 Å². The first-order valence-corrected chi connectivity index (χ1v) is 5.73. The fourth-order valence-electron chi connectivity index (χ4n) is 1.59. The van der Waals surface area contributed by atoms with Crippen molar-refractivity contribution in [3.05, 3.63) is 11.1 Å². The van der Waals surface area contributed by atoms with Crippen molar-refractivity contribution in [2.45, 2.75) is 47.5 Å². The van der Waals surface area contributed by atoms with E-state index >= 15 is 0 Å². The minimum atomic E-state index is -1.13. The van der Waals surface area contributed by atoms with Crippen LogP contribution in [0, 0.1) is 11.3 Å². The summed E-state index contributed by atoms with van der Waals surface area (Å²) in [7, 11) is 0. The normalized spacial score (nSPS) is 13.5. The molecule has 0 spiro atoms. The van der Waals surface area contributed by atoms with Crippen LogP contribution < -0.4 is 0 Å². The lowest BCUT2D eigenvalue weighted by atomic mass is 9.84. The zero-order valence-electron chi connectivity index (χ0n) is 11.2. The Bertz CT molecular complexity index is 332. The molecule has 0 fully saturated rings. The van der Waals surface area contributed by atoms with Gasteiger partial charge in [-0.05, 0) is 24.2 Å². The van der Waals surface area contributed by atoms with Crippen LogP contribution in [0.15, 0.2) is 11.1 Å². The molecule has 2 N–H and O–H groups in total. The summed E-state index contributed by atoms with van der Waals surface area (Å²) in [6, 6.07) is 0. The van der Waals surface area contributed by atoms with E-state index in [1.54, 1.807) is 0 Å². The lowest BCUT2D eigenvalue weighted by molar-refractivity contribution is -0.136. The molecule has 0 aromatic rings. The lowest BCUT2D eigenvalue weighted by Gasteiger charge is -2.20. The Morgan fingerprint density at radius 1 is 1.00 bits per heavy atom. The van der Waals surface area contributed by atoms with E-state index in [4.69, 9.17) is 10.2 Å². The Kier molecular flexibility index (Phi) is 5.39. The maximum Gasteiger partial charge on any atom is 0.332 e. The first kappa shape index (κ1) is 15.7. The Hall–Kier alpha value is -1.32. The molecule has 98 valence electrons. The van der Waals surface area contributed by atoms with Crippen LogP contribution in [0.25, 0.3) is 0 Å². The van der Waals surface area contributed by atoms with E-state index in [9.17, 15) is 9.59 Å². The third kappa shape index (κ3) is 6.09. The van der Waals surface area contributed by atoms with Crippen molar-refractivity contribution in [3.8, 4) is 0 Å². The highest BCUT2D eigenvalue weighted by atomic mass is 16.4. The monoisotopic (exact) mass is 242 g/mol. The first-order valence-electron chi connectivity index (χ1n) is 5.73. The van der Waals surface area contributed by atoms with E-state index in [-0.39, 0.29) is 35.3 Å². The van der Waals surface area contributed by atoms with E-state index in [0.29, 0.717) is 0 Å². The molecule has 17 heavy (non-hydrogen) atoms. The smallest absolute Gasteiger partial charge is 0.332 e. The molecule has 0 radical (unpaired) electrons. The highest BCUT2D eigenvalue weighted by molar-refractivity contribution is 5.98. The van der Waals surface area contributed by atoms with Crippen molar-refractivity contribution in [3.63, 3.8) is 0 Å². The zero-order valence-corrected chi connectivity index (χ0v) is 11.2. The van der Waals surface area contributed by atoms with Crippen LogP contribution in [0.2, 0.25) is 0 Å². The van der Waals surface area contributed by atoms with Gasteiger partial charge in [0, 0.05) is 11.1 Å². The Labute approximate surface area is 102 Å². The molecule has 0 saturated carbocycles. The fourth-order valence-corrected chi connectivity index (χ4v) is 1.59. The van der Waals surface area contributed by atoms with Gasteiger partial charge in [-0.25, -0.2) is 9.59 Å². The summed E-state index contributed by atoms with van der Waals surface area (Å²) < 4.78 is 0. The molecule has 0 aliphatic rings. The zero-order chi connectivity index (χ0) is 13.8. The molecule has 4 nitrogen and oxygen atoms in total. The summed E-state index contributed by atoms with van der Waals surface area (Å²) in [5.41, 5.74) is -0.188. The molecule has 4 heteroatoms. The predicted octanol–water partition coefficient (Wildman–Crippen LogP) is 2.93. The van der Waals surface area contributed by atoms with Crippen molar-refractivity contribution in [2.24, 2.45) is 11.3 Å². The quantitative estimate of drug-likeness (QED) is 0.727. The largest absolute Gasteiger partial charge is 0.478 e. The molecular formula is C13H22O4. The number of carboxylic acids is 2. The van der Waals surface area contributed by atoms with Crippen molar-refractivity contribution < 1.29 is 19.8 Å². The molecule has 0 aliphatic carbocycles. The van der Waals surface area contributed by atoms with Gasteiger partial charge < -0.3 is 10.2 Å². The van der Waals surface area contributed by atoms with E-state index < -0.39 is 11.9 Å². The van der Waals surface area contributed by atoms with Crippen LogP contribution in [0.5, 0.6) is 0 Å². The molecule has 0 atom stereocenters. The summed E-state index contributed by atoms with van der Waals surface area (Å²) >= 11 is 0. The van der Waals surface area contributed by atoms with Gasteiger partial charge in [0.25, 0.3) is 0 Å². The van der Waals surface area contributed by atoms with E-state index in [1.165, 1.54) is 0 Å². The summed E-state index contributed by atoms with van der Waals surface area (Å²) in [5.74, 6) is -2.13. The van der Waals surface area contributed by atoms with Crippen LogP contribution in [0.3, 0.4) is 0 Å². The SMILES string of the molecule is CC(C)CC(C(=O)O)=C(CC(C)(C)C)C(=O)O. The standard InChI is InChI=1S/C13H22O4/c1-8(2)6-9(11(14)15)10(12(16)17)7-13(3,4)5/h8H,6-7H2,1-5H3,(H,14,15)(H,16,17). The van der Waals surface area contributed by atoms with E-state index in [0.717, 1.165) is 0 Å². The predicted molar refractivity (Wildman–Crippen MR) is 65.8 cm³/mol. The highest BCUT2D eigenvalue weighted by Crippen LogP contribution is 2.28. The maximum absolute atomic E-state index is 11.2. The summed E-state index contributed by atoms with van der Waals surface area (Å²) in [6.45, 7) is 9.43. The van der Waals surface area contributed by atoms with Crippen LogP contribution >= 0.6 is 0 Å². The van der Waals surface area contributed by atoms with E-state index in [1.807, 2.05) is 34.6 Å². The summed E-state index contributed by atoms with van der Waals surface area (Å²) in [4.78, 5) is 22.3. The molecule has 0 aromatic carbocycles. The molecule has 0 bridgehead atoms. The second-order valence-electron chi connectivity index (χ2n) is 5.90. The molecule has 0 amide bonds. The molecule has 0 aliphatic heterocycles. The second-order valence-corrected chi connectivity index (χ2v) is 5.90. The minimum absolute atomic E-state index is 0.0266. The summed E-state index contributed by atoms with van der Waals surface area (Å²) in [5, 5.41) is 18.3. The van der Waals surface area contributed by atoms with Gasteiger partial charge in [-0.1, -0.05) is 34.6 Å². The lowest BCUT2D eigenvalue weighted by Crippen LogP contribution is -2.18. The topological polar surface area (TPSA) is 74.6 Å². The van der Waals surface area contributed by atoms with Gasteiger partial charge in [0.05, 0.1) is 0 Å². The number of hydrogen-bond acceptors (Lipinski definition) is 2. The van der Waals surface area contributed by atoms with Gasteiger partial charge in [-0.2, -0.15) is 0 Å². The van der Waals surface area contributed by atoms with Gasteiger partial charge in [0.2, 0.25) is 0 Å². The molecule has 0 unspecified atom stereocenters. The Morgan fingerprint density at radius 2 is 1.41 bits per heavy atom. The molecule has 0 heterocycles. The van der Waals surface area contributed by atoms with Crippen LogP contribution in [0.1, 0.15) is 47.5 Å². The van der Waals surface area contributed by atoms with Gasteiger partial charge in [-0.3, -0.25) is 0 Å². The Morgan fingerprint density at radius 3 is 1.65 bits per heavy atom. The molecule has 0 rings (SSSR count). The molecule has 0 saturated heterocycles. The van der Waals surface area contributed by atoms with Crippen molar-refractivity contribution in [1.82, 2.24) is 0 Å². The van der Waals surface area contributed by atoms with Crippen LogP contribution in [-0.4, -0.2) is 22.2 Å². The van der Waals surface area contributed by atoms with Crippen molar-refractivity contribution in [2.75, 3.05) is 0 Å². The van der Waals surface area contributed by atoms with Crippen LogP contribution in [0.4, 0.5) is 0 Å². The average Bonchev–Trinajstić information content (AvgIpc) is 2.08. The van der Waals surface area contributed by atoms with Crippen molar-refractivity contribution in [1.29, 1.82) is 0 Å². The van der Waals surface area contributed by atoms with Gasteiger partial charge in [0.15, 0.2) is 0 Å². The van der Waals surface area contributed by atoms with Crippen LogP contribution in [-0.2, 0) is 9.59 Å². The first-order chi connectivity index (χ1) is 7.54. The number of rotatable bonds is 5. The van der Waals surface area contributed by atoms with Gasteiger partial charge in [-0.15, -0.1) is 0 Å². The maximum atomic E-state index is 11.2. The number of aliphatic carboxylic acids is 2. The second kappa shape index (κ2) is 5.84.